The number of likely N-dealkylation sites (tertiary alicyclic amines) is 1. The van der Waals surface area contributed by atoms with Gasteiger partial charge in [-0.05, 0) is 37.2 Å². The summed E-state index contributed by atoms with van der Waals surface area (Å²) in [6.45, 7) is 3.43. The number of hydrogen-bond donors (Lipinski definition) is 2. The molecule has 0 saturated carbocycles. The molecule has 1 atom stereocenters. The van der Waals surface area contributed by atoms with Crippen molar-refractivity contribution in [1.82, 2.24) is 10.2 Å². The lowest BCUT2D eigenvalue weighted by molar-refractivity contribution is -0.119. The highest BCUT2D eigenvalue weighted by Crippen LogP contribution is 2.34. The first-order valence-electron chi connectivity index (χ1n) is 7.34. The molecular weight excluding hydrogens is 302 g/mol. The molecule has 1 amide bonds. The highest BCUT2D eigenvalue weighted by molar-refractivity contribution is 7.80. The first kappa shape index (κ1) is 14.9. The van der Waals surface area contributed by atoms with Crippen molar-refractivity contribution in [1.29, 1.82) is 0 Å². The average molecular weight is 321 g/mol. The van der Waals surface area contributed by atoms with Gasteiger partial charge in [0.1, 0.15) is 0 Å². The Morgan fingerprint density at radius 1 is 1.36 bits per heavy atom. The molecule has 0 bridgehead atoms. The molecule has 0 radical (unpaired) electrons. The van der Waals surface area contributed by atoms with Crippen molar-refractivity contribution in [3.05, 3.63) is 18.2 Å². The standard InChI is InChI=1S/C15H19N3O3S/c1-10(19)16-12-3-2-6-18(8-12)15(22)17-11-4-5-13-14(7-11)21-9-20-13/h4-5,7,12H,2-3,6,8-9H2,1H3,(H,16,19)(H,17,22)/t12-/m1/s1. The number of hydrogen-bond acceptors (Lipinski definition) is 4. The number of nitrogens with one attached hydrogen (secondary N) is 2. The van der Waals surface area contributed by atoms with Gasteiger partial charge >= 0.3 is 0 Å². The molecule has 2 heterocycles. The molecule has 0 aromatic heterocycles. The van der Waals surface area contributed by atoms with Crippen molar-refractivity contribution in [2.75, 3.05) is 25.2 Å². The monoisotopic (exact) mass is 321 g/mol. The number of rotatable bonds is 2. The fraction of sp³-hybridized carbons (Fsp3) is 0.467. The zero-order valence-electron chi connectivity index (χ0n) is 12.4. The Hall–Kier alpha value is -2.02. The molecule has 7 heteroatoms. The van der Waals surface area contributed by atoms with Crippen LogP contribution < -0.4 is 20.1 Å². The average Bonchev–Trinajstić information content (AvgIpc) is 2.94. The van der Waals surface area contributed by atoms with Crippen molar-refractivity contribution in [3.63, 3.8) is 0 Å². The molecule has 2 aliphatic rings. The number of amides is 1. The summed E-state index contributed by atoms with van der Waals surface area (Å²) in [5.41, 5.74) is 0.871. The fourth-order valence-electron chi connectivity index (χ4n) is 2.74. The van der Waals surface area contributed by atoms with Gasteiger partial charge in [-0.3, -0.25) is 4.79 Å². The fourth-order valence-corrected chi connectivity index (χ4v) is 3.03. The summed E-state index contributed by atoms with van der Waals surface area (Å²) in [4.78, 5) is 13.3. The number of anilines is 1. The summed E-state index contributed by atoms with van der Waals surface area (Å²) in [5, 5.41) is 6.85. The van der Waals surface area contributed by atoms with Gasteiger partial charge in [-0.25, -0.2) is 0 Å². The van der Waals surface area contributed by atoms with Gasteiger partial charge in [0, 0.05) is 37.8 Å². The zero-order chi connectivity index (χ0) is 15.5. The van der Waals surface area contributed by atoms with Gasteiger partial charge in [-0.2, -0.15) is 0 Å². The summed E-state index contributed by atoms with van der Waals surface area (Å²) in [6, 6.07) is 5.81. The number of fused-ring (bicyclic) bond motifs is 1. The van der Waals surface area contributed by atoms with Crippen LogP contribution in [0.4, 0.5) is 5.69 Å². The number of carbonyl (C=O) groups excluding carboxylic acids is 1. The Labute approximate surface area is 134 Å². The summed E-state index contributed by atoms with van der Waals surface area (Å²) < 4.78 is 10.7. The second-order valence-electron chi connectivity index (χ2n) is 5.48. The first-order chi connectivity index (χ1) is 10.6. The van der Waals surface area contributed by atoms with Crippen LogP contribution in [0.5, 0.6) is 11.5 Å². The van der Waals surface area contributed by atoms with Gasteiger partial charge in [-0.1, -0.05) is 0 Å². The molecular formula is C15H19N3O3S. The number of benzene rings is 1. The second kappa shape index (κ2) is 6.39. The quantitative estimate of drug-likeness (QED) is 0.809. The Balaban J connectivity index is 1.60. The van der Waals surface area contributed by atoms with Crippen molar-refractivity contribution < 1.29 is 14.3 Å². The predicted molar refractivity (Wildman–Crippen MR) is 87.2 cm³/mol. The van der Waals surface area contributed by atoms with E-state index in [-0.39, 0.29) is 18.7 Å². The van der Waals surface area contributed by atoms with E-state index in [0.29, 0.717) is 5.11 Å². The largest absolute Gasteiger partial charge is 0.454 e. The highest BCUT2D eigenvalue weighted by Gasteiger charge is 2.22. The van der Waals surface area contributed by atoms with E-state index in [4.69, 9.17) is 21.7 Å². The summed E-state index contributed by atoms with van der Waals surface area (Å²) in [5.74, 6) is 1.48. The van der Waals surface area contributed by atoms with Gasteiger partial charge in [0.15, 0.2) is 16.6 Å². The van der Waals surface area contributed by atoms with Crippen molar-refractivity contribution >= 4 is 28.9 Å². The third-order valence-corrected chi connectivity index (χ3v) is 4.10. The van der Waals surface area contributed by atoms with Crippen LogP contribution in [-0.2, 0) is 4.79 Å². The molecule has 118 valence electrons. The van der Waals surface area contributed by atoms with Crippen LogP contribution in [-0.4, -0.2) is 41.8 Å². The van der Waals surface area contributed by atoms with E-state index in [1.54, 1.807) is 6.92 Å². The Morgan fingerprint density at radius 2 is 2.18 bits per heavy atom. The third kappa shape index (κ3) is 3.41. The van der Waals surface area contributed by atoms with Crippen LogP contribution in [0.3, 0.4) is 0 Å². The van der Waals surface area contributed by atoms with Crippen molar-refractivity contribution in [3.8, 4) is 11.5 Å². The van der Waals surface area contributed by atoms with Gasteiger partial charge in [0.25, 0.3) is 0 Å². The van der Waals surface area contributed by atoms with E-state index in [0.717, 1.165) is 43.1 Å². The normalized spacial score (nSPS) is 19.7. The van der Waals surface area contributed by atoms with Crippen LogP contribution >= 0.6 is 12.2 Å². The lowest BCUT2D eigenvalue weighted by atomic mass is 10.1. The van der Waals surface area contributed by atoms with Crippen LogP contribution in [0.25, 0.3) is 0 Å². The van der Waals surface area contributed by atoms with E-state index in [1.807, 2.05) is 18.2 Å². The highest BCUT2D eigenvalue weighted by atomic mass is 32.1. The minimum atomic E-state index is 0.00139. The maximum atomic E-state index is 11.2. The predicted octanol–water partition coefficient (Wildman–Crippen LogP) is 1.71. The molecule has 1 fully saturated rings. The molecule has 0 spiro atoms. The minimum absolute atomic E-state index is 0.00139. The topological polar surface area (TPSA) is 62.8 Å². The molecule has 0 unspecified atom stereocenters. The van der Waals surface area contributed by atoms with Gasteiger partial charge in [-0.15, -0.1) is 0 Å². The number of carbonyl (C=O) groups is 1. The van der Waals surface area contributed by atoms with Gasteiger partial charge in [0.05, 0.1) is 0 Å². The van der Waals surface area contributed by atoms with Crippen LogP contribution in [0.15, 0.2) is 18.2 Å². The summed E-state index contributed by atoms with van der Waals surface area (Å²) in [6.07, 6.45) is 2.00. The molecule has 3 rings (SSSR count). The second-order valence-corrected chi connectivity index (χ2v) is 5.87. The Morgan fingerprint density at radius 3 is 3.00 bits per heavy atom. The van der Waals surface area contributed by atoms with Crippen LogP contribution in [0.2, 0.25) is 0 Å². The number of piperidine rings is 1. The molecule has 1 aromatic rings. The maximum Gasteiger partial charge on any atom is 0.231 e. The molecule has 6 nitrogen and oxygen atoms in total. The summed E-state index contributed by atoms with van der Waals surface area (Å²) >= 11 is 5.48. The van der Waals surface area contributed by atoms with E-state index < -0.39 is 0 Å². The van der Waals surface area contributed by atoms with Crippen molar-refractivity contribution in [2.24, 2.45) is 0 Å². The first-order valence-corrected chi connectivity index (χ1v) is 7.75. The molecule has 0 aliphatic carbocycles. The zero-order valence-corrected chi connectivity index (χ0v) is 13.2. The number of thiocarbonyl (C=S) groups is 1. The summed E-state index contributed by atoms with van der Waals surface area (Å²) in [7, 11) is 0. The van der Waals surface area contributed by atoms with E-state index >= 15 is 0 Å². The molecule has 1 saturated heterocycles. The molecule has 2 N–H and O–H groups in total. The van der Waals surface area contributed by atoms with Crippen LogP contribution in [0.1, 0.15) is 19.8 Å². The van der Waals surface area contributed by atoms with E-state index in [1.165, 1.54) is 0 Å². The Kier molecular flexibility index (Phi) is 4.33. The van der Waals surface area contributed by atoms with E-state index in [9.17, 15) is 4.79 Å². The third-order valence-electron chi connectivity index (χ3n) is 3.74. The molecule has 1 aromatic carbocycles. The van der Waals surface area contributed by atoms with Crippen LogP contribution in [0, 0.1) is 0 Å². The van der Waals surface area contributed by atoms with Gasteiger partial charge < -0.3 is 25.0 Å². The number of ether oxygens (including phenoxy) is 2. The molecule has 2 aliphatic heterocycles. The van der Waals surface area contributed by atoms with E-state index in [2.05, 4.69) is 15.5 Å². The minimum Gasteiger partial charge on any atom is -0.454 e. The van der Waals surface area contributed by atoms with Gasteiger partial charge in [0.2, 0.25) is 12.7 Å². The lowest BCUT2D eigenvalue weighted by Crippen LogP contribution is -2.50. The lowest BCUT2D eigenvalue weighted by Gasteiger charge is -2.34. The number of nitrogens with zero attached hydrogens (tertiary/aromatic N) is 1. The maximum absolute atomic E-state index is 11.2. The molecule has 22 heavy (non-hydrogen) atoms. The smallest absolute Gasteiger partial charge is 0.231 e. The van der Waals surface area contributed by atoms with Crippen molar-refractivity contribution in [2.45, 2.75) is 25.8 Å². The Bertz CT molecular complexity index is 593. The SMILES string of the molecule is CC(=O)N[C@@H]1CCCN(C(=S)Nc2ccc3c(c2)OCO3)C1.